The quantitative estimate of drug-likeness (QED) is 0.330. The molecule has 3 N–H and O–H groups in total. The Morgan fingerprint density at radius 3 is 2.55 bits per heavy atom. The fourth-order valence-corrected chi connectivity index (χ4v) is 4.38. The second kappa shape index (κ2) is 9.60. The van der Waals surface area contributed by atoms with E-state index in [0.29, 0.717) is 25.9 Å². The van der Waals surface area contributed by atoms with E-state index in [4.69, 9.17) is 24.8 Å². The van der Waals surface area contributed by atoms with Crippen LogP contribution in [0.3, 0.4) is 0 Å². The van der Waals surface area contributed by atoms with Gasteiger partial charge in [-0.1, -0.05) is 0 Å². The van der Waals surface area contributed by atoms with E-state index in [1.165, 1.54) is 9.80 Å². The van der Waals surface area contributed by atoms with Crippen LogP contribution in [-0.4, -0.2) is 79.6 Å². The Labute approximate surface area is 183 Å². The molecule has 2 heterocycles. The largest absolute Gasteiger partial charge is 0.444 e. The number of piperidine rings is 1. The van der Waals surface area contributed by atoms with E-state index in [-0.39, 0.29) is 11.8 Å². The highest BCUT2D eigenvalue weighted by Crippen LogP contribution is 2.29. The van der Waals surface area contributed by atoms with Crippen LogP contribution in [0.2, 0.25) is 0 Å². The summed E-state index contributed by atoms with van der Waals surface area (Å²) in [6.07, 6.45) is 1.39. The molecule has 4 unspecified atom stereocenters. The van der Waals surface area contributed by atoms with Gasteiger partial charge in [-0.05, 0) is 59.3 Å². The molecule has 178 valence electrons. The van der Waals surface area contributed by atoms with Crippen LogP contribution in [0.1, 0.15) is 53.4 Å². The van der Waals surface area contributed by atoms with Crippen LogP contribution >= 0.6 is 0 Å². The van der Waals surface area contributed by atoms with Crippen molar-refractivity contribution in [2.45, 2.75) is 77.4 Å². The fraction of sp³-hybridized carbons (Fsp3) is 0.842. The number of nitrogens with two attached hydrogens (primary N) is 1. The van der Waals surface area contributed by atoms with E-state index in [9.17, 15) is 18.0 Å². The third kappa shape index (κ3) is 7.23. The lowest BCUT2D eigenvalue weighted by molar-refractivity contribution is -0.00745. The van der Waals surface area contributed by atoms with Gasteiger partial charge in [-0.2, -0.15) is 8.42 Å². The molecular weight excluding hydrogens is 428 g/mol. The number of rotatable bonds is 7. The number of amidine groups is 1. The van der Waals surface area contributed by atoms with Crippen molar-refractivity contribution in [3.05, 3.63) is 0 Å². The van der Waals surface area contributed by atoms with Gasteiger partial charge in [0.15, 0.2) is 0 Å². The number of carbonyl (C=O) groups excluding carboxylic acids is 2. The molecule has 11 nitrogen and oxygen atoms in total. The SMILES string of the molecule is CC1C(OS(C)(=O)=O)OC(=O)N1CCCC1CCN(C(=O)OC(C)(C)C)C(C(=N)N)C1. The Morgan fingerprint density at radius 1 is 1.35 bits per heavy atom. The minimum Gasteiger partial charge on any atom is -0.444 e. The Balaban J connectivity index is 1.88. The molecule has 0 radical (unpaired) electrons. The minimum absolute atomic E-state index is 0.0759. The normalized spacial score (nSPS) is 27.2. The molecule has 2 fully saturated rings. The number of likely N-dealkylation sites (tertiary alicyclic amines) is 1. The maximum atomic E-state index is 12.5. The number of hydrogen-bond acceptors (Lipinski definition) is 8. The van der Waals surface area contributed by atoms with Crippen LogP contribution in [0.15, 0.2) is 0 Å². The van der Waals surface area contributed by atoms with E-state index in [2.05, 4.69) is 0 Å². The Hall–Kier alpha value is -2.08. The van der Waals surface area contributed by atoms with Crippen molar-refractivity contribution < 1.29 is 31.7 Å². The molecule has 0 bridgehead atoms. The van der Waals surface area contributed by atoms with E-state index in [1.54, 1.807) is 27.7 Å². The number of nitrogens with one attached hydrogen (secondary N) is 1. The van der Waals surface area contributed by atoms with Crippen molar-refractivity contribution in [1.82, 2.24) is 9.80 Å². The monoisotopic (exact) mass is 462 g/mol. The summed E-state index contributed by atoms with van der Waals surface area (Å²) >= 11 is 0. The van der Waals surface area contributed by atoms with E-state index in [1.807, 2.05) is 0 Å². The van der Waals surface area contributed by atoms with E-state index in [0.717, 1.165) is 19.1 Å². The van der Waals surface area contributed by atoms with Gasteiger partial charge in [0.1, 0.15) is 11.4 Å². The van der Waals surface area contributed by atoms with E-state index < -0.39 is 46.3 Å². The smallest absolute Gasteiger partial charge is 0.412 e. The van der Waals surface area contributed by atoms with Crippen LogP contribution < -0.4 is 5.73 Å². The Bertz CT molecular complexity index is 796. The second-order valence-electron chi connectivity index (χ2n) is 9.16. The lowest BCUT2D eigenvalue weighted by Crippen LogP contribution is -2.53. The predicted molar refractivity (Wildman–Crippen MR) is 113 cm³/mol. The summed E-state index contributed by atoms with van der Waals surface area (Å²) in [6, 6.07) is -1.04. The number of nitrogens with zero attached hydrogens (tertiary/aromatic N) is 2. The van der Waals surface area contributed by atoms with Crippen LogP contribution in [0.5, 0.6) is 0 Å². The molecule has 0 aromatic rings. The van der Waals surface area contributed by atoms with Crippen LogP contribution in [0.4, 0.5) is 9.59 Å². The number of ether oxygens (including phenoxy) is 2. The first-order chi connectivity index (χ1) is 14.2. The van der Waals surface area contributed by atoms with Gasteiger partial charge in [0.05, 0.1) is 18.3 Å². The lowest BCUT2D eigenvalue weighted by atomic mass is 9.87. The zero-order valence-corrected chi connectivity index (χ0v) is 19.6. The lowest BCUT2D eigenvalue weighted by Gasteiger charge is -2.39. The maximum absolute atomic E-state index is 12.5. The molecule has 31 heavy (non-hydrogen) atoms. The first-order valence-electron chi connectivity index (χ1n) is 10.4. The first kappa shape index (κ1) is 25.2. The highest BCUT2D eigenvalue weighted by atomic mass is 32.2. The van der Waals surface area contributed by atoms with Crippen LogP contribution in [0, 0.1) is 11.3 Å². The molecule has 2 rings (SSSR count). The predicted octanol–water partition coefficient (Wildman–Crippen LogP) is 1.86. The van der Waals surface area contributed by atoms with Gasteiger partial charge >= 0.3 is 12.2 Å². The summed E-state index contributed by atoms with van der Waals surface area (Å²) in [5, 5.41) is 7.89. The number of amides is 2. The molecule has 0 spiro atoms. The molecule has 2 aliphatic rings. The fourth-order valence-electron chi connectivity index (χ4n) is 3.83. The van der Waals surface area contributed by atoms with Gasteiger partial charge in [-0.25, -0.2) is 13.8 Å². The minimum atomic E-state index is -3.74. The second-order valence-corrected chi connectivity index (χ2v) is 10.8. The molecule has 0 aromatic heterocycles. The Morgan fingerprint density at radius 2 is 2.00 bits per heavy atom. The maximum Gasteiger partial charge on any atom is 0.412 e. The first-order valence-corrected chi connectivity index (χ1v) is 12.2. The van der Waals surface area contributed by atoms with Crippen molar-refractivity contribution >= 4 is 28.1 Å². The zero-order chi connectivity index (χ0) is 23.6. The van der Waals surface area contributed by atoms with Crippen molar-refractivity contribution in [3.63, 3.8) is 0 Å². The Kier molecular flexibility index (Phi) is 7.79. The molecule has 2 saturated heterocycles. The topological polar surface area (TPSA) is 152 Å². The third-order valence-corrected chi connectivity index (χ3v) is 5.86. The highest BCUT2D eigenvalue weighted by molar-refractivity contribution is 7.86. The van der Waals surface area contributed by atoms with Gasteiger partial charge in [0.2, 0.25) is 6.29 Å². The molecule has 0 aliphatic carbocycles. The summed E-state index contributed by atoms with van der Waals surface area (Å²) in [6.45, 7) is 7.87. The zero-order valence-electron chi connectivity index (χ0n) is 18.8. The molecule has 0 saturated carbocycles. The van der Waals surface area contributed by atoms with Crippen molar-refractivity contribution in [3.8, 4) is 0 Å². The summed E-state index contributed by atoms with van der Waals surface area (Å²) in [5.41, 5.74) is 5.12. The number of carbonyl (C=O) groups is 2. The van der Waals surface area contributed by atoms with Gasteiger partial charge < -0.3 is 15.2 Å². The van der Waals surface area contributed by atoms with Gasteiger partial charge in [0, 0.05) is 13.1 Å². The van der Waals surface area contributed by atoms with Gasteiger partial charge in [0.25, 0.3) is 10.1 Å². The van der Waals surface area contributed by atoms with Crippen molar-refractivity contribution in [1.29, 1.82) is 5.41 Å². The highest BCUT2D eigenvalue weighted by Gasteiger charge is 2.41. The molecule has 0 aromatic carbocycles. The molecule has 2 aliphatic heterocycles. The van der Waals surface area contributed by atoms with Crippen molar-refractivity contribution in [2.24, 2.45) is 11.7 Å². The number of hydrogen-bond donors (Lipinski definition) is 2. The van der Waals surface area contributed by atoms with Gasteiger partial charge in [-0.15, -0.1) is 0 Å². The molecule has 4 atom stereocenters. The molecular formula is C19H34N4O7S. The summed E-state index contributed by atoms with van der Waals surface area (Å²) in [5.74, 6) is 0.151. The molecule has 2 amide bonds. The van der Waals surface area contributed by atoms with Crippen LogP contribution in [-0.2, 0) is 23.8 Å². The molecule has 12 heteroatoms. The number of cyclic esters (lactones) is 1. The van der Waals surface area contributed by atoms with Crippen molar-refractivity contribution in [2.75, 3.05) is 19.3 Å². The third-order valence-electron chi connectivity index (χ3n) is 5.32. The average Bonchev–Trinajstić information content (AvgIpc) is 2.85. The van der Waals surface area contributed by atoms with E-state index >= 15 is 0 Å². The standard InChI is InChI=1S/C19H34N4O7S/c1-12-16(30-31(5,26)27)28-17(24)22(12)9-6-7-13-8-10-23(14(11-13)15(20)21)18(25)29-19(2,3)4/h12-14,16H,6-11H2,1-5H3,(H3,20,21). The summed E-state index contributed by atoms with van der Waals surface area (Å²) in [4.78, 5) is 27.5. The van der Waals surface area contributed by atoms with Crippen LogP contribution in [0.25, 0.3) is 0 Å². The summed E-state index contributed by atoms with van der Waals surface area (Å²) < 4.78 is 37.9. The van der Waals surface area contributed by atoms with Gasteiger partial charge in [-0.3, -0.25) is 15.2 Å². The summed E-state index contributed by atoms with van der Waals surface area (Å²) in [7, 11) is -3.74. The average molecular weight is 463 g/mol.